The molecule has 0 aliphatic heterocycles. The van der Waals surface area contributed by atoms with Crippen LogP contribution in [0.15, 0.2) is 30.3 Å². The van der Waals surface area contributed by atoms with E-state index >= 15 is 0 Å². The lowest BCUT2D eigenvalue weighted by Crippen LogP contribution is -2.26. The van der Waals surface area contributed by atoms with Crippen LogP contribution in [0.25, 0.3) is 0 Å². The molecule has 1 N–H and O–H groups in total. The molecule has 3 rings (SSSR count). The van der Waals surface area contributed by atoms with Gasteiger partial charge in [-0.1, -0.05) is 30.3 Å². The van der Waals surface area contributed by atoms with E-state index in [0.29, 0.717) is 12.2 Å². The Morgan fingerprint density at radius 3 is 2.64 bits per heavy atom. The largest absolute Gasteiger partial charge is 0.349 e. The number of halogens is 2. The van der Waals surface area contributed by atoms with Gasteiger partial charge in [0, 0.05) is 11.7 Å². The van der Waals surface area contributed by atoms with Crippen molar-refractivity contribution in [2.75, 3.05) is 0 Å². The molecule has 1 saturated carbocycles. The van der Waals surface area contributed by atoms with Gasteiger partial charge in [0.2, 0.25) is 0 Å². The van der Waals surface area contributed by atoms with Crippen molar-refractivity contribution in [3.8, 4) is 0 Å². The topological polar surface area (TPSA) is 46.9 Å². The SMILES string of the molecule is Cc1c(C(=O)NC2CC2)c(C(F)F)nn1Cc1ccccc1. The summed E-state index contributed by atoms with van der Waals surface area (Å²) in [6.45, 7) is 2.02. The predicted octanol–water partition coefficient (Wildman–Crippen LogP) is 3.07. The highest BCUT2D eigenvalue weighted by atomic mass is 19.3. The first-order valence-electron chi connectivity index (χ1n) is 7.26. The molecule has 6 heteroatoms. The molecule has 1 aliphatic carbocycles. The molecule has 4 nitrogen and oxygen atoms in total. The first-order valence-corrected chi connectivity index (χ1v) is 7.26. The van der Waals surface area contributed by atoms with E-state index in [1.807, 2.05) is 30.3 Å². The fourth-order valence-corrected chi connectivity index (χ4v) is 2.40. The van der Waals surface area contributed by atoms with Crippen LogP contribution in [0, 0.1) is 6.92 Å². The minimum Gasteiger partial charge on any atom is -0.349 e. The maximum absolute atomic E-state index is 13.2. The number of amides is 1. The van der Waals surface area contributed by atoms with Gasteiger partial charge >= 0.3 is 0 Å². The van der Waals surface area contributed by atoms with Crippen LogP contribution < -0.4 is 5.32 Å². The molecule has 116 valence electrons. The lowest BCUT2D eigenvalue weighted by Gasteiger charge is -2.06. The maximum Gasteiger partial charge on any atom is 0.282 e. The Bertz CT molecular complexity index is 678. The van der Waals surface area contributed by atoms with E-state index in [1.165, 1.54) is 4.68 Å². The zero-order valence-electron chi connectivity index (χ0n) is 12.2. The van der Waals surface area contributed by atoms with Crippen molar-refractivity contribution in [3.05, 3.63) is 52.8 Å². The van der Waals surface area contributed by atoms with E-state index < -0.39 is 18.0 Å². The third-order valence-electron chi connectivity index (χ3n) is 3.76. The molecule has 1 fully saturated rings. The highest BCUT2D eigenvalue weighted by Crippen LogP contribution is 2.26. The summed E-state index contributed by atoms with van der Waals surface area (Å²) >= 11 is 0. The summed E-state index contributed by atoms with van der Waals surface area (Å²) in [5, 5.41) is 6.72. The summed E-state index contributed by atoms with van der Waals surface area (Å²) in [6, 6.07) is 9.56. The summed E-state index contributed by atoms with van der Waals surface area (Å²) in [5.41, 5.74) is 0.991. The molecule has 1 aromatic heterocycles. The van der Waals surface area contributed by atoms with Gasteiger partial charge in [-0.15, -0.1) is 0 Å². The zero-order chi connectivity index (χ0) is 15.7. The van der Waals surface area contributed by atoms with Crippen LogP contribution in [0.4, 0.5) is 8.78 Å². The lowest BCUT2D eigenvalue weighted by molar-refractivity contribution is 0.0935. The molecule has 0 atom stereocenters. The van der Waals surface area contributed by atoms with Crippen LogP contribution in [-0.2, 0) is 6.54 Å². The normalized spacial score (nSPS) is 14.4. The monoisotopic (exact) mass is 305 g/mol. The number of nitrogens with one attached hydrogen (secondary N) is 1. The van der Waals surface area contributed by atoms with E-state index in [9.17, 15) is 13.6 Å². The maximum atomic E-state index is 13.2. The number of alkyl halides is 2. The zero-order valence-corrected chi connectivity index (χ0v) is 12.2. The van der Waals surface area contributed by atoms with Crippen molar-refractivity contribution >= 4 is 5.91 Å². The molecule has 1 aliphatic rings. The number of carbonyl (C=O) groups is 1. The minimum atomic E-state index is -2.77. The molecular formula is C16H17F2N3O. The summed E-state index contributed by atoms with van der Waals surface area (Å²) in [6.07, 6.45) is -0.949. The molecule has 0 spiro atoms. The number of hydrogen-bond acceptors (Lipinski definition) is 2. The van der Waals surface area contributed by atoms with Crippen LogP contribution in [0.3, 0.4) is 0 Å². The van der Waals surface area contributed by atoms with Crippen molar-refractivity contribution in [2.45, 2.75) is 38.8 Å². The van der Waals surface area contributed by atoms with Crippen LogP contribution >= 0.6 is 0 Å². The number of rotatable bonds is 5. The van der Waals surface area contributed by atoms with E-state index in [2.05, 4.69) is 10.4 Å². The quantitative estimate of drug-likeness (QED) is 0.923. The van der Waals surface area contributed by atoms with Gasteiger partial charge in [0.15, 0.2) is 0 Å². The lowest BCUT2D eigenvalue weighted by atomic mass is 10.1. The Morgan fingerprint density at radius 2 is 2.05 bits per heavy atom. The van der Waals surface area contributed by atoms with Crippen molar-refractivity contribution in [1.29, 1.82) is 0 Å². The summed E-state index contributed by atoms with van der Waals surface area (Å²) in [5.74, 6) is -0.449. The Morgan fingerprint density at radius 1 is 1.36 bits per heavy atom. The van der Waals surface area contributed by atoms with Crippen LogP contribution in [-0.4, -0.2) is 21.7 Å². The summed E-state index contributed by atoms with van der Waals surface area (Å²) in [7, 11) is 0. The summed E-state index contributed by atoms with van der Waals surface area (Å²) < 4.78 is 27.9. The average Bonchev–Trinajstić information content (AvgIpc) is 3.24. The second-order valence-corrected chi connectivity index (χ2v) is 5.54. The molecule has 1 aromatic carbocycles. The third kappa shape index (κ3) is 3.00. The highest BCUT2D eigenvalue weighted by molar-refractivity contribution is 5.96. The van der Waals surface area contributed by atoms with E-state index in [4.69, 9.17) is 0 Å². The fraction of sp³-hybridized carbons (Fsp3) is 0.375. The second kappa shape index (κ2) is 5.87. The fourth-order valence-electron chi connectivity index (χ4n) is 2.40. The van der Waals surface area contributed by atoms with Gasteiger partial charge < -0.3 is 5.32 Å². The number of benzene rings is 1. The highest BCUT2D eigenvalue weighted by Gasteiger charge is 2.30. The van der Waals surface area contributed by atoms with Crippen molar-refractivity contribution < 1.29 is 13.6 Å². The van der Waals surface area contributed by atoms with Crippen molar-refractivity contribution in [3.63, 3.8) is 0 Å². The Kier molecular flexibility index (Phi) is 3.92. The van der Waals surface area contributed by atoms with Crippen LogP contribution in [0.2, 0.25) is 0 Å². The third-order valence-corrected chi connectivity index (χ3v) is 3.76. The standard InChI is InChI=1S/C16H17F2N3O/c1-10-13(16(22)19-12-7-8-12)14(15(17)18)20-21(10)9-11-5-3-2-4-6-11/h2-6,12,15H,7-9H2,1H3,(H,19,22). The Hall–Kier alpha value is -2.24. The van der Waals surface area contributed by atoms with Gasteiger partial charge in [-0.05, 0) is 25.3 Å². The number of nitrogens with zero attached hydrogens (tertiary/aromatic N) is 2. The minimum absolute atomic E-state index is 0.0119. The predicted molar refractivity (Wildman–Crippen MR) is 78.0 cm³/mol. The first kappa shape index (κ1) is 14.7. The molecular weight excluding hydrogens is 288 g/mol. The molecule has 1 heterocycles. The van der Waals surface area contributed by atoms with Gasteiger partial charge in [0.25, 0.3) is 12.3 Å². The van der Waals surface area contributed by atoms with Gasteiger partial charge in [0.1, 0.15) is 5.69 Å². The van der Waals surface area contributed by atoms with Gasteiger partial charge in [-0.3, -0.25) is 9.48 Å². The van der Waals surface area contributed by atoms with Crippen LogP contribution in [0.5, 0.6) is 0 Å². The molecule has 0 radical (unpaired) electrons. The second-order valence-electron chi connectivity index (χ2n) is 5.54. The van der Waals surface area contributed by atoms with Gasteiger partial charge in [-0.2, -0.15) is 5.10 Å². The molecule has 1 amide bonds. The van der Waals surface area contributed by atoms with E-state index in [-0.39, 0.29) is 11.6 Å². The molecule has 0 unspecified atom stereocenters. The molecule has 0 bridgehead atoms. The van der Waals surface area contributed by atoms with E-state index in [1.54, 1.807) is 6.92 Å². The van der Waals surface area contributed by atoms with Crippen LogP contribution in [0.1, 0.15) is 46.6 Å². The molecule has 2 aromatic rings. The van der Waals surface area contributed by atoms with Gasteiger partial charge in [-0.25, -0.2) is 8.78 Å². The first-order chi connectivity index (χ1) is 10.6. The number of aromatic nitrogens is 2. The Labute approximate surface area is 127 Å². The molecule has 22 heavy (non-hydrogen) atoms. The smallest absolute Gasteiger partial charge is 0.282 e. The average molecular weight is 305 g/mol. The molecule has 0 saturated heterocycles. The van der Waals surface area contributed by atoms with E-state index in [0.717, 1.165) is 18.4 Å². The van der Waals surface area contributed by atoms with Crippen molar-refractivity contribution in [1.82, 2.24) is 15.1 Å². The number of hydrogen-bond donors (Lipinski definition) is 1. The van der Waals surface area contributed by atoms with Gasteiger partial charge in [0.05, 0.1) is 12.1 Å². The Balaban J connectivity index is 1.92. The van der Waals surface area contributed by atoms with Crippen molar-refractivity contribution in [2.24, 2.45) is 0 Å². The number of carbonyl (C=O) groups excluding carboxylic acids is 1. The summed E-state index contributed by atoms with van der Waals surface area (Å²) in [4.78, 5) is 12.2.